The number of carboxylic acid groups (broad SMARTS) is 1. The van der Waals surface area contributed by atoms with Gasteiger partial charge in [-0.2, -0.15) is 0 Å². The molecule has 1 N–H and O–H groups in total. The molecule has 0 unspecified atom stereocenters. The predicted octanol–water partition coefficient (Wildman–Crippen LogP) is 1.89. The Hall–Kier alpha value is 0.730. The van der Waals surface area contributed by atoms with E-state index in [0.29, 0.717) is 6.42 Å². The minimum Gasteiger partial charge on any atom is -1.00 e. The van der Waals surface area contributed by atoms with Gasteiger partial charge in [-0.3, -0.25) is 4.79 Å². The van der Waals surface area contributed by atoms with Gasteiger partial charge in [-0.15, -0.1) is 0 Å². The Morgan fingerprint density at radius 3 is 2.45 bits per heavy atom. The van der Waals surface area contributed by atoms with Crippen LogP contribution in [0.2, 0.25) is 0 Å². The first-order chi connectivity index (χ1) is 4.79. The third-order valence-electron chi connectivity index (χ3n) is 2.24. The summed E-state index contributed by atoms with van der Waals surface area (Å²) in [4.78, 5) is 10.2. The third kappa shape index (κ3) is 5.05. The van der Waals surface area contributed by atoms with Gasteiger partial charge in [0, 0.05) is 6.42 Å². The summed E-state index contributed by atoms with van der Waals surface area (Å²) in [6.45, 7) is 0. The molecule has 0 aliphatic heterocycles. The van der Waals surface area contributed by atoms with Gasteiger partial charge in [0.2, 0.25) is 0 Å². The van der Waals surface area contributed by atoms with E-state index in [4.69, 9.17) is 5.11 Å². The molecule has 1 rings (SSSR count). The van der Waals surface area contributed by atoms with E-state index in [-0.39, 0.29) is 40.6 Å². The second kappa shape index (κ2) is 6.27. The van der Waals surface area contributed by atoms with Crippen LogP contribution in [0.4, 0.5) is 0 Å². The summed E-state index contributed by atoms with van der Waals surface area (Å²) >= 11 is 0. The molecule has 1 aliphatic carbocycles. The summed E-state index contributed by atoms with van der Waals surface area (Å²) in [5.74, 6) is 0.0722. The van der Waals surface area contributed by atoms with Crippen molar-refractivity contribution in [2.45, 2.75) is 38.5 Å². The van der Waals surface area contributed by atoms with E-state index in [9.17, 15) is 4.79 Å². The SMILES string of the molecule is O=C(O)CCC1CCCC1.[Ca+2].[H-].[H-]. The Morgan fingerprint density at radius 2 is 2.00 bits per heavy atom. The second-order valence-electron chi connectivity index (χ2n) is 3.08. The monoisotopic (exact) mass is 184 g/mol. The van der Waals surface area contributed by atoms with E-state index >= 15 is 0 Å². The van der Waals surface area contributed by atoms with Gasteiger partial charge >= 0.3 is 43.7 Å². The maximum absolute atomic E-state index is 10.2. The predicted molar refractivity (Wildman–Crippen MR) is 46.8 cm³/mol. The molecule has 0 bridgehead atoms. The minimum absolute atomic E-state index is 0. The van der Waals surface area contributed by atoms with Crippen molar-refractivity contribution in [2.75, 3.05) is 0 Å². The maximum atomic E-state index is 10.2. The average molecular weight is 184 g/mol. The van der Waals surface area contributed by atoms with E-state index in [1.54, 1.807) is 0 Å². The Labute approximate surface area is 100 Å². The van der Waals surface area contributed by atoms with Crippen molar-refractivity contribution in [1.29, 1.82) is 0 Å². The first-order valence-electron chi connectivity index (χ1n) is 4.01. The molecule has 0 aromatic heterocycles. The standard InChI is InChI=1S/C8H14O2.Ca.2H/c9-8(10)6-5-7-3-1-2-4-7;;;/h7H,1-6H2,(H,9,10);;;/q;+2;2*-1. The fourth-order valence-electron chi connectivity index (χ4n) is 1.63. The first-order valence-corrected chi connectivity index (χ1v) is 4.01. The Kier molecular flexibility index (Phi) is 6.68. The van der Waals surface area contributed by atoms with Gasteiger partial charge in [-0.05, 0) is 12.3 Å². The molecule has 1 saturated carbocycles. The number of rotatable bonds is 3. The number of carboxylic acids is 1. The van der Waals surface area contributed by atoms with Crippen molar-refractivity contribution < 1.29 is 12.8 Å². The number of carbonyl (C=O) groups is 1. The van der Waals surface area contributed by atoms with Gasteiger partial charge in [0.05, 0.1) is 0 Å². The zero-order valence-electron chi connectivity index (χ0n) is 8.88. The van der Waals surface area contributed by atoms with Crippen LogP contribution in [-0.2, 0) is 4.79 Å². The van der Waals surface area contributed by atoms with Crippen LogP contribution in [0.25, 0.3) is 0 Å². The van der Waals surface area contributed by atoms with Gasteiger partial charge in [0.1, 0.15) is 0 Å². The maximum Gasteiger partial charge on any atom is 2.00 e. The van der Waals surface area contributed by atoms with E-state index in [2.05, 4.69) is 0 Å². The Balaban J connectivity index is -0.000000333. The molecule has 0 aromatic carbocycles. The smallest absolute Gasteiger partial charge is 1.00 e. The van der Waals surface area contributed by atoms with Crippen LogP contribution in [0.1, 0.15) is 41.4 Å². The molecule has 0 spiro atoms. The van der Waals surface area contributed by atoms with Crippen LogP contribution >= 0.6 is 0 Å². The summed E-state index contributed by atoms with van der Waals surface area (Å²) in [6.07, 6.45) is 6.40. The van der Waals surface area contributed by atoms with E-state index in [1.807, 2.05) is 0 Å². The zero-order valence-corrected chi connectivity index (χ0v) is 9.09. The third-order valence-corrected chi connectivity index (χ3v) is 2.24. The van der Waals surface area contributed by atoms with Gasteiger partial charge in [0.25, 0.3) is 0 Å². The molecule has 0 aromatic rings. The Morgan fingerprint density at radius 1 is 1.45 bits per heavy atom. The Bertz CT molecular complexity index is 127. The van der Waals surface area contributed by atoms with Crippen molar-refractivity contribution >= 4 is 43.7 Å². The largest absolute Gasteiger partial charge is 2.00 e. The molecular formula is C8H16CaO2. The van der Waals surface area contributed by atoms with Gasteiger partial charge in [0.15, 0.2) is 0 Å². The summed E-state index contributed by atoms with van der Waals surface area (Å²) in [7, 11) is 0. The minimum atomic E-state index is -0.646. The van der Waals surface area contributed by atoms with Crippen molar-refractivity contribution in [3.63, 3.8) is 0 Å². The molecule has 2 nitrogen and oxygen atoms in total. The molecule has 0 radical (unpaired) electrons. The fraction of sp³-hybridized carbons (Fsp3) is 0.875. The molecule has 0 heterocycles. The van der Waals surface area contributed by atoms with Gasteiger partial charge < -0.3 is 7.96 Å². The van der Waals surface area contributed by atoms with E-state index < -0.39 is 5.97 Å². The van der Waals surface area contributed by atoms with Crippen molar-refractivity contribution in [3.05, 3.63) is 0 Å². The van der Waals surface area contributed by atoms with Crippen LogP contribution in [0.3, 0.4) is 0 Å². The average Bonchev–Trinajstić information content (AvgIpc) is 2.34. The number of hydrogen-bond donors (Lipinski definition) is 1. The topological polar surface area (TPSA) is 37.3 Å². The summed E-state index contributed by atoms with van der Waals surface area (Å²) in [5, 5.41) is 8.37. The molecular weight excluding hydrogens is 168 g/mol. The summed E-state index contributed by atoms with van der Waals surface area (Å²) in [6, 6.07) is 0. The molecule has 1 fully saturated rings. The van der Waals surface area contributed by atoms with E-state index in [0.717, 1.165) is 12.3 Å². The van der Waals surface area contributed by atoms with Crippen molar-refractivity contribution in [1.82, 2.24) is 0 Å². The van der Waals surface area contributed by atoms with Gasteiger partial charge in [-0.1, -0.05) is 25.7 Å². The van der Waals surface area contributed by atoms with Crippen LogP contribution in [0.5, 0.6) is 0 Å². The normalized spacial score (nSPS) is 17.8. The van der Waals surface area contributed by atoms with Crippen LogP contribution in [0.15, 0.2) is 0 Å². The molecule has 11 heavy (non-hydrogen) atoms. The zero-order chi connectivity index (χ0) is 7.40. The number of hydrogen-bond acceptors (Lipinski definition) is 1. The van der Waals surface area contributed by atoms with Crippen molar-refractivity contribution in [3.8, 4) is 0 Å². The molecule has 0 atom stereocenters. The fourth-order valence-corrected chi connectivity index (χ4v) is 1.63. The van der Waals surface area contributed by atoms with Crippen LogP contribution in [-0.4, -0.2) is 48.8 Å². The molecule has 1 aliphatic rings. The summed E-state index contributed by atoms with van der Waals surface area (Å²) < 4.78 is 0. The van der Waals surface area contributed by atoms with Gasteiger partial charge in [-0.25, -0.2) is 0 Å². The van der Waals surface area contributed by atoms with Crippen LogP contribution < -0.4 is 0 Å². The second-order valence-corrected chi connectivity index (χ2v) is 3.08. The molecule has 62 valence electrons. The van der Waals surface area contributed by atoms with Crippen LogP contribution in [0, 0.1) is 5.92 Å². The number of aliphatic carboxylic acids is 1. The van der Waals surface area contributed by atoms with Crippen molar-refractivity contribution in [2.24, 2.45) is 5.92 Å². The molecule has 0 saturated heterocycles. The molecule has 0 amide bonds. The molecule has 3 heteroatoms. The quantitative estimate of drug-likeness (QED) is 0.680. The van der Waals surface area contributed by atoms with E-state index in [1.165, 1.54) is 25.7 Å². The summed E-state index contributed by atoms with van der Waals surface area (Å²) in [5.41, 5.74) is 0. The first kappa shape index (κ1) is 11.7.